The largest absolute Gasteiger partial charge is 0.336 e. The number of sulfonamides is 1. The molecule has 1 aliphatic rings. The lowest BCUT2D eigenvalue weighted by atomic mass is 10.1. The molecule has 31 heavy (non-hydrogen) atoms. The fourth-order valence-corrected chi connectivity index (χ4v) is 5.23. The van der Waals surface area contributed by atoms with E-state index in [2.05, 4.69) is 5.10 Å². The fourth-order valence-electron chi connectivity index (χ4n) is 3.74. The molecule has 0 atom stereocenters. The number of carbonyl (C=O) groups excluding carboxylic acids is 1. The topological polar surface area (TPSA) is 75.5 Å². The second-order valence-corrected chi connectivity index (χ2v) is 9.42. The Balaban J connectivity index is 1.44. The SMILES string of the molecule is Cc1cc(C)n(-c2ccc(C(=O)N3CCN(S(=O)(=O)c4ccccc4F)CC3)cc2)n1. The van der Waals surface area contributed by atoms with Crippen LogP contribution in [0.5, 0.6) is 0 Å². The third-order valence-corrected chi connectivity index (χ3v) is 7.28. The van der Waals surface area contributed by atoms with Gasteiger partial charge in [-0.1, -0.05) is 12.1 Å². The van der Waals surface area contributed by atoms with Crippen molar-refractivity contribution in [2.75, 3.05) is 26.2 Å². The van der Waals surface area contributed by atoms with Crippen molar-refractivity contribution in [2.24, 2.45) is 0 Å². The van der Waals surface area contributed by atoms with Crippen molar-refractivity contribution in [3.8, 4) is 5.69 Å². The van der Waals surface area contributed by atoms with Gasteiger partial charge in [-0.25, -0.2) is 17.5 Å². The van der Waals surface area contributed by atoms with Crippen LogP contribution in [0.1, 0.15) is 21.7 Å². The Morgan fingerprint density at radius 1 is 0.968 bits per heavy atom. The zero-order valence-electron chi connectivity index (χ0n) is 17.3. The average Bonchev–Trinajstić information content (AvgIpc) is 3.11. The molecule has 162 valence electrons. The van der Waals surface area contributed by atoms with Gasteiger partial charge in [0.15, 0.2) is 0 Å². The van der Waals surface area contributed by atoms with Crippen molar-refractivity contribution in [1.82, 2.24) is 19.0 Å². The van der Waals surface area contributed by atoms with E-state index in [-0.39, 0.29) is 37.0 Å². The molecular formula is C22H23FN4O3S. The Bertz CT molecular complexity index is 1210. The van der Waals surface area contributed by atoms with Gasteiger partial charge in [0.25, 0.3) is 5.91 Å². The Hall–Kier alpha value is -3.04. The Morgan fingerprint density at radius 2 is 1.61 bits per heavy atom. The van der Waals surface area contributed by atoms with Crippen molar-refractivity contribution in [1.29, 1.82) is 0 Å². The number of aromatic nitrogens is 2. The quantitative estimate of drug-likeness (QED) is 0.623. The molecule has 2 heterocycles. The molecule has 3 aromatic rings. The van der Waals surface area contributed by atoms with Crippen molar-refractivity contribution in [3.05, 3.63) is 77.4 Å². The highest BCUT2D eigenvalue weighted by molar-refractivity contribution is 7.89. The average molecular weight is 443 g/mol. The Labute approximate surface area is 180 Å². The number of nitrogens with zero attached hydrogens (tertiary/aromatic N) is 4. The summed E-state index contributed by atoms with van der Waals surface area (Å²) in [6.07, 6.45) is 0. The molecule has 1 amide bonds. The van der Waals surface area contributed by atoms with Crippen molar-refractivity contribution in [3.63, 3.8) is 0 Å². The molecule has 0 aliphatic carbocycles. The van der Waals surface area contributed by atoms with Crippen LogP contribution in [-0.2, 0) is 10.0 Å². The van der Waals surface area contributed by atoms with Crippen LogP contribution in [0, 0.1) is 19.7 Å². The summed E-state index contributed by atoms with van der Waals surface area (Å²) in [5, 5.41) is 4.44. The van der Waals surface area contributed by atoms with Gasteiger partial charge in [-0.3, -0.25) is 4.79 Å². The van der Waals surface area contributed by atoms with Gasteiger partial charge >= 0.3 is 0 Å². The summed E-state index contributed by atoms with van der Waals surface area (Å²) in [6.45, 7) is 4.61. The van der Waals surface area contributed by atoms with Gasteiger partial charge in [0.2, 0.25) is 10.0 Å². The molecule has 1 saturated heterocycles. The lowest BCUT2D eigenvalue weighted by molar-refractivity contribution is 0.0697. The molecule has 9 heteroatoms. The summed E-state index contributed by atoms with van der Waals surface area (Å²) >= 11 is 0. The van der Waals surface area contributed by atoms with Crippen LogP contribution < -0.4 is 0 Å². The number of carbonyl (C=O) groups is 1. The summed E-state index contributed by atoms with van der Waals surface area (Å²) in [5.41, 5.74) is 3.31. The van der Waals surface area contributed by atoms with Crippen LogP contribution in [0.4, 0.5) is 4.39 Å². The molecule has 0 bridgehead atoms. The highest BCUT2D eigenvalue weighted by Crippen LogP contribution is 2.21. The summed E-state index contributed by atoms with van der Waals surface area (Å²) in [7, 11) is -3.93. The molecule has 7 nitrogen and oxygen atoms in total. The van der Waals surface area contributed by atoms with Crippen LogP contribution in [0.25, 0.3) is 5.69 Å². The minimum Gasteiger partial charge on any atom is -0.336 e. The van der Waals surface area contributed by atoms with Gasteiger partial charge in [-0.15, -0.1) is 0 Å². The summed E-state index contributed by atoms with van der Waals surface area (Å²) < 4.78 is 42.5. The number of piperazine rings is 1. The molecule has 0 saturated carbocycles. The van der Waals surface area contributed by atoms with E-state index in [1.807, 2.05) is 36.7 Å². The van der Waals surface area contributed by atoms with Crippen LogP contribution >= 0.6 is 0 Å². The third kappa shape index (κ3) is 4.11. The van der Waals surface area contributed by atoms with Gasteiger partial charge in [-0.05, 0) is 56.3 Å². The van der Waals surface area contributed by atoms with Crippen LogP contribution in [-0.4, -0.2) is 59.5 Å². The van der Waals surface area contributed by atoms with E-state index in [1.54, 1.807) is 17.0 Å². The number of hydrogen-bond acceptors (Lipinski definition) is 4. The van der Waals surface area contributed by atoms with Crippen molar-refractivity contribution >= 4 is 15.9 Å². The van der Waals surface area contributed by atoms with Gasteiger partial charge in [0.1, 0.15) is 10.7 Å². The Kier molecular flexibility index (Phi) is 5.63. The lowest BCUT2D eigenvalue weighted by Gasteiger charge is -2.34. The summed E-state index contributed by atoms with van der Waals surface area (Å²) in [6, 6.07) is 14.5. The maximum absolute atomic E-state index is 14.0. The summed E-state index contributed by atoms with van der Waals surface area (Å²) in [4.78, 5) is 14.2. The molecule has 0 unspecified atom stereocenters. The normalized spacial score (nSPS) is 15.3. The number of benzene rings is 2. The van der Waals surface area contributed by atoms with Crippen molar-refractivity contribution < 1.29 is 17.6 Å². The molecular weight excluding hydrogens is 419 g/mol. The first kappa shape index (κ1) is 21.2. The van der Waals surface area contributed by atoms with Gasteiger partial charge in [-0.2, -0.15) is 9.40 Å². The molecule has 0 radical (unpaired) electrons. The highest BCUT2D eigenvalue weighted by atomic mass is 32.2. The number of aryl methyl sites for hydroxylation is 2. The van der Waals surface area contributed by atoms with Crippen LogP contribution in [0.2, 0.25) is 0 Å². The van der Waals surface area contributed by atoms with Gasteiger partial charge in [0.05, 0.1) is 11.4 Å². The van der Waals surface area contributed by atoms with E-state index in [4.69, 9.17) is 0 Å². The first-order chi connectivity index (χ1) is 14.8. The van der Waals surface area contributed by atoms with E-state index in [1.165, 1.54) is 22.5 Å². The number of hydrogen-bond donors (Lipinski definition) is 0. The maximum atomic E-state index is 14.0. The smallest absolute Gasteiger partial charge is 0.253 e. The predicted molar refractivity (Wildman–Crippen MR) is 114 cm³/mol. The first-order valence-electron chi connectivity index (χ1n) is 9.95. The van der Waals surface area contributed by atoms with Crippen molar-refractivity contribution in [2.45, 2.75) is 18.7 Å². The maximum Gasteiger partial charge on any atom is 0.253 e. The fraction of sp³-hybridized carbons (Fsp3) is 0.273. The lowest BCUT2D eigenvalue weighted by Crippen LogP contribution is -2.50. The molecule has 2 aromatic carbocycles. The van der Waals surface area contributed by atoms with Gasteiger partial charge in [0, 0.05) is 37.4 Å². The van der Waals surface area contributed by atoms with E-state index >= 15 is 0 Å². The molecule has 4 rings (SSSR count). The molecule has 1 aromatic heterocycles. The van der Waals surface area contributed by atoms with E-state index in [0.29, 0.717) is 5.56 Å². The van der Waals surface area contributed by atoms with Crippen LogP contribution in [0.3, 0.4) is 0 Å². The number of halogens is 1. The van der Waals surface area contributed by atoms with Crippen LogP contribution in [0.15, 0.2) is 59.5 Å². The number of rotatable bonds is 4. The predicted octanol–water partition coefficient (Wildman–Crippen LogP) is 2.77. The second-order valence-electron chi connectivity index (χ2n) is 7.51. The summed E-state index contributed by atoms with van der Waals surface area (Å²) in [5.74, 6) is -0.938. The van der Waals surface area contributed by atoms with E-state index in [9.17, 15) is 17.6 Å². The highest BCUT2D eigenvalue weighted by Gasteiger charge is 2.32. The minimum atomic E-state index is -3.93. The molecule has 0 spiro atoms. The first-order valence-corrected chi connectivity index (χ1v) is 11.4. The number of amides is 1. The zero-order valence-corrected chi connectivity index (χ0v) is 18.1. The van der Waals surface area contributed by atoms with E-state index < -0.39 is 15.8 Å². The molecule has 0 N–H and O–H groups in total. The second kappa shape index (κ2) is 8.24. The molecule has 1 aliphatic heterocycles. The monoisotopic (exact) mass is 442 g/mol. The Morgan fingerprint density at radius 3 is 2.19 bits per heavy atom. The third-order valence-electron chi connectivity index (χ3n) is 5.35. The standard InChI is InChI=1S/C22H23FN4O3S/c1-16-15-17(2)27(24-16)19-9-7-18(8-10-19)22(28)25-11-13-26(14-12-25)31(29,30)21-6-4-3-5-20(21)23/h3-10,15H,11-14H2,1-2H3. The minimum absolute atomic E-state index is 0.117. The van der Waals surface area contributed by atoms with Gasteiger partial charge < -0.3 is 4.90 Å². The zero-order chi connectivity index (χ0) is 22.2. The van der Waals surface area contributed by atoms with E-state index in [0.717, 1.165) is 23.1 Å². The molecule has 1 fully saturated rings.